The molecular formula is C6H14N2OS. The van der Waals surface area contributed by atoms with Crippen LogP contribution in [0.4, 0.5) is 0 Å². The lowest BCUT2D eigenvalue weighted by molar-refractivity contribution is 0.200. The van der Waals surface area contributed by atoms with Gasteiger partial charge in [-0.1, -0.05) is 12.2 Å². The van der Waals surface area contributed by atoms with Gasteiger partial charge in [0, 0.05) is 26.6 Å². The second-order valence-corrected chi connectivity index (χ2v) is 2.48. The summed E-state index contributed by atoms with van der Waals surface area (Å²) >= 11 is 4.68. The van der Waals surface area contributed by atoms with E-state index in [-0.39, 0.29) is 0 Å². The van der Waals surface area contributed by atoms with Gasteiger partial charge in [-0.15, -0.1) is 0 Å². The molecule has 0 saturated heterocycles. The minimum atomic E-state index is 0.560. The molecule has 3 nitrogen and oxygen atoms in total. The van der Waals surface area contributed by atoms with E-state index in [1.165, 1.54) is 0 Å². The molecule has 0 saturated carbocycles. The zero-order chi connectivity index (χ0) is 7.82. The van der Waals surface area contributed by atoms with Crippen molar-refractivity contribution < 1.29 is 4.74 Å². The Kier molecular flexibility index (Phi) is 6.79. The Morgan fingerprint density at radius 3 is 2.80 bits per heavy atom. The van der Waals surface area contributed by atoms with Gasteiger partial charge in [0.15, 0.2) is 0 Å². The summed E-state index contributed by atoms with van der Waals surface area (Å²) in [6.07, 6.45) is 0.763. The first-order valence-corrected chi connectivity index (χ1v) is 3.66. The Labute approximate surface area is 66.9 Å². The van der Waals surface area contributed by atoms with Gasteiger partial charge in [-0.25, -0.2) is 0 Å². The van der Waals surface area contributed by atoms with Crippen LogP contribution in [0.5, 0.6) is 0 Å². The van der Waals surface area contributed by atoms with E-state index in [9.17, 15) is 0 Å². The van der Waals surface area contributed by atoms with E-state index in [4.69, 9.17) is 10.5 Å². The van der Waals surface area contributed by atoms with Gasteiger partial charge in [0.1, 0.15) is 0 Å². The number of methoxy groups -OCH3 is 1. The number of rotatable bonds is 6. The smallest absolute Gasteiger partial charge is 0.0740 e. The molecule has 0 heterocycles. The van der Waals surface area contributed by atoms with Crippen LogP contribution in [-0.2, 0) is 4.74 Å². The lowest BCUT2D eigenvalue weighted by Crippen LogP contribution is -2.23. The van der Waals surface area contributed by atoms with Crippen molar-refractivity contribution in [2.75, 3.05) is 26.8 Å². The van der Waals surface area contributed by atoms with Crippen LogP contribution in [0.15, 0.2) is 0 Å². The zero-order valence-corrected chi connectivity index (χ0v) is 7.04. The third kappa shape index (κ3) is 7.81. The number of nitrogens with two attached hydrogens (primary N) is 1. The molecule has 0 aliphatic heterocycles. The third-order valence-electron chi connectivity index (χ3n) is 1.03. The zero-order valence-electron chi connectivity index (χ0n) is 6.22. The van der Waals surface area contributed by atoms with E-state index in [1.54, 1.807) is 7.11 Å². The predicted octanol–water partition coefficient (Wildman–Crippen LogP) is -0.101. The van der Waals surface area contributed by atoms with Gasteiger partial charge in [0.2, 0.25) is 0 Å². The topological polar surface area (TPSA) is 47.3 Å². The number of thiocarbonyl (C=S) groups is 1. The maximum absolute atomic E-state index is 5.27. The Bertz CT molecular complexity index is 97.7. The van der Waals surface area contributed by atoms with Gasteiger partial charge < -0.3 is 15.8 Å². The first-order valence-electron chi connectivity index (χ1n) is 3.25. The largest absolute Gasteiger partial charge is 0.393 e. The fraction of sp³-hybridized carbons (Fsp3) is 0.833. The Morgan fingerprint density at radius 1 is 1.60 bits per heavy atom. The lowest BCUT2D eigenvalue weighted by Gasteiger charge is -2.01. The molecule has 0 aliphatic rings. The molecule has 4 heteroatoms. The van der Waals surface area contributed by atoms with Crippen LogP contribution in [0.3, 0.4) is 0 Å². The molecule has 0 spiro atoms. The van der Waals surface area contributed by atoms with Crippen molar-refractivity contribution in [2.24, 2.45) is 5.73 Å². The molecule has 0 atom stereocenters. The van der Waals surface area contributed by atoms with Crippen LogP contribution in [0.1, 0.15) is 6.42 Å². The van der Waals surface area contributed by atoms with Crippen molar-refractivity contribution in [2.45, 2.75) is 6.42 Å². The molecule has 0 aromatic heterocycles. The molecule has 0 radical (unpaired) electrons. The van der Waals surface area contributed by atoms with Crippen molar-refractivity contribution in [1.82, 2.24) is 5.32 Å². The summed E-state index contributed by atoms with van der Waals surface area (Å²) in [5, 5.41) is 3.13. The first kappa shape index (κ1) is 9.81. The maximum atomic E-state index is 5.27. The summed E-state index contributed by atoms with van der Waals surface area (Å²) in [5.41, 5.74) is 5.27. The fourth-order valence-electron chi connectivity index (χ4n) is 0.511. The summed E-state index contributed by atoms with van der Waals surface area (Å²) in [7, 11) is 1.68. The Hall–Kier alpha value is -0.190. The van der Waals surface area contributed by atoms with E-state index >= 15 is 0 Å². The van der Waals surface area contributed by atoms with Crippen LogP contribution in [0, 0.1) is 0 Å². The van der Waals surface area contributed by atoms with Gasteiger partial charge in [0.05, 0.1) is 11.6 Å². The van der Waals surface area contributed by atoms with E-state index in [0.29, 0.717) is 4.99 Å². The molecular weight excluding hydrogens is 148 g/mol. The summed E-state index contributed by atoms with van der Waals surface area (Å²) in [6.45, 7) is 2.44. The van der Waals surface area contributed by atoms with Crippen molar-refractivity contribution in [3.05, 3.63) is 0 Å². The van der Waals surface area contributed by atoms with Crippen LogP contribution in [0.25, 0.3) is 0 Å². The second-order valence-electron chi connectivity index (χ2n) is 1.96. The highest BCUT2D eigenvalue weighted by molar-refractivity contribution is 7.80. The van der Waals surface area contributed by atoms with E-state index in [0.717, 1.165) is 26.1 Å². The van der Waals surface area contributed by atoms with Crippen molar-refractivity contribution in [1.29, 1.82) is 0 Å². The molecule has 0 aliphatic carbocycles. The average molecular weight is 162 g/mol. The summed E-state index contributed by atoms with van der Waals surface area (Å²) < 4.78 is 4.82. The lowest BCUT2D eigenvalue weighted by atomic mass is 10.4. The minimum absolute atomic E-state index is 0.560. The number of hydrogen-bond donors (Lipinski definition) is 2. The number of hydrogen-bond acceptors (Lipinski definition) is 3. The Balaban J connectivity index is 2.84. The van der Waals surface area contributed by atoms with Crippen molar-refractivity contribution >= 4 is 17.2 Å². The summed E-state index contributed by atoms with van der Waals surface area (Å²) in [6, 6.07) is 0. The van der Waals surface area contributed by atoms with E-state index in [1.807, 2.05) is 0 Å². The second kappa shape index (κ2) is 6.92. The van der Waals surface area contributed by atoms with Gasteiger partial charge in [0.25, 0.3) is 0 Å². The van der Waals surface area contributed by atoms with Gasteiger partial charge in [-0.05, 0) is 0 Å². The quantitative estimate of drug-likeness (QED) is 0.423. The normalized spacial score (nSPS) is 9.70. The monoisotopic (exact) mass is 162 g/mol. The summed E-state index contributed by atoms with van der Waals surface area (Å²) in [5.74, 6) is 0. The highest BCUT2D eigenvalue weighted by Crippen LogP contribution is 1.75. The van der Waals surface area contributed by atoms with Crippen LogP contribution >= 0.6 is 12.2 Å². The molecule has 3 N–H and O–H groups in total. The molecule has 0 fully saturated rings. The number of ether oxygens (including phenoxy) is 1. The molecule has 60 valence electrons. The van der Waals surface area contributed by atoms with Gasteiger partial charge in [-0.2, -0.15) is 0 Å². The minimum Gasteiger partial charge on any atom is -0.393 e. The third-order valence-corrected chi connectivity index (χ3v) is 1.24. The Morgan fingerprint density at radius 2 is 2.30 bits per heavy atom. The molecule has 0 rings (SSSR count). The molecule has 0 aromatic rings. The van der Waals surface area contributed by atoms with Gasteiger partial charge >= 0.3 is 0 Å². The van der Waals surface area contributed by atoms with Crippen LogP contribution in [0.2, 0.25) is 0 Å². The van der Waals surface area contributed by atoms with Crippen LogP contribution in [-0.4, -0.2) is 31.8 Å². The van der Waals surface area contributed by atoms with E-state index in [2.05, 4.69) is 17.5 Å². The number of nitrogens with one attached hydrogen (secondary N) is 1. The SMILES string of the molecule is COCCNCCC(N)=S. The molecule has 0 unspecified atom stereocenters. The van der Waals surface area contributed by atoms with Gasteiger partial charge in [-0.3, -0.25) is 0 Å². The summed E-state index contributed by atoms with van der Waals surface area (Å²) in [4.78, 5) is 0.560. The molecule has 10 heavy (non-hydrogen) atoms. The van der Waals surface area contributed by atoms with Crippen molar-refractivity contribution in [3.8, 4) is 0 Å². The standard InChI is InChI=1S/C6H14N2OS/c1-9-5-4-8-3-2-6(7)10/h8H,2-5H2,1H3,(H2,7,10). The highest BCUT2D eigenvalue weighted by atomic mass is 32.1. The molecule has 0 aromatic carbocycles. The van der Waals surface area contributed by atoms with Crippen molar-refractivity contribution in [3.63, 3.8) is 0 Å². The predicted molar refractivity (Wildman–Crippen MR) is 46.1 cm³/mol. The van der Waals surface area contributed by atoms with E-state index < -0.39 is 0 Å². The molecule has 0 bridgehead atoms. The molecule has 0 amide bonds. The fourth-order valence-corrected chi connectivity index (χ4v) is 0.613. The maximum Gasteiger partial charge on any atom is 0.0740 e. The van der Waals surface area contributed by atoms with Crippen LogP contribution < -0.4 is 11.1 Å². The average Bonchev–Trinajstić information content (AvgIpc) is 1.87. The highest BCUT2D eigenvalue weighted by Gasteiger charge is 1.88. The first-order chi connectivity index (χ1) is 4.77.